The van der Waals surface area contributed by atoms with E-state index in [-0.39, 0.29) is 11.9 Å². The molecule has 0 radical (unpaired) electrons. The molecule has 1 atom stereocenters. The van der Waals surface area contributed by atoms with Gasteiger partial charge in [-0.25, -0.2) is 0 Å². The molecule has 0 N–H and O–H groups in total. The summed E-state index contributed by atoms with van der Waals surface area (Å²) in [7, 11) is 2.11. The number of benzene rings is 2. The number of hydrogen-bond donors (Lipinski definition) is 0. The first-order valence-corrected chi connectivity index (χ1v) is 11.7. The second-order valence-electron chi connectivity index (χ2n) is 8.29. The molecule has 1 aliphatic rings. The number of hydrogen-bond acceptors (Lipinski definition) is 5. The van der Waals surface area contributed by atoms with E-state index in [0.717, 1.165) is 30.5 Å². The third-order valence-electron chi connectivity index (χ3n) is 5.77. The Morgan fingerprint density at radius 1 is 1.10 bits per heavy atom. The first-order valence-electron chi connectivity index (χ1n) is 10.7. The van der Waals surface area contributed by atoms with Gasteiger partial charge in [0.1, 0.15) is 6.33 Å². The maximum Gasteiger partial charge on any atom is 0.233 e. The molecule has 162 valence electrons. The first kappa shape index (κ1) is 21.6. The lowest BCUT2D eigenvalue weighted by atomic mass is 10.0. The van der Waals surface area contributed by atoms with Crippen LogP contribution in [0.3, 0.4) is 0 Å². The van der Waals surface area contributed by atoms with E-state index >= 15 is 0 Å². The van der Waals surface area contributed by atoms with E-state index in [1.165, 1.54) is 22.9 Å². The molecule has 1 amide bonds. The average molecular weight is 436 g/mol. The predicted octanol–water partition coefficient (Wildman–Crippen LogP) is 4.00. The van der Waals surface area contributed by atoms with Crippen molar-refractivity contribution in [2.45, 2.75) is 31.0 Å². The average Bonchev–Trinajstić information content (AvgIpc) is 3.26. The number of aromatic nitrogens is 3. The fourth-order valence-electron chi connectivity index (χ4n) is 3.91. The van der Waals surface area contributed by atoms with Crippen molar-refractivity contribution in [2.24, 2.45) is 0 Å². The van der Waals surface area contributed by atoms with Crippen LogP contribution in [0.1, 0.15) is 36.9 Å². The van der Waals surface area contributed by atoms with Crippen LogP contribution in [0.25, 0.3) is 5.69 Å². The van der Waals surface area contributed by atoms with Crippen LogP contribution in [-0.2, 0) is 4.79 Å². The highest BCUT2D eigenvalue weighted by Gasteiger charge is 2.30. The zero-order valence-corrected chi connectivity index (χ0v) is 19.1. The fraction of sp³-hybridized carbons (Fsp3) is 0.375. The van der Waals surface area contributed by atoms with Crippen LogP contribution in [-0.4, -0.2) is 62.9 Å². The molecule has 3 aromatic rings. The van der Waals surface area contributed by atoms with Gasteiger partial charge in [-0.1, -0.05) is 68.1 Å². The SMILES string of the molecule is CC(C)c1ccc(-n2cnnc2SCC(=O)N2CCN(C)CC2c2ccccc2)cc1. The Morgan fingerprint density at radius 2 is 1.84 bits per heavy atom. The monoisotopic (exact) mass is 435 g/mol. The lowest BCUT2D eigenvalue weighted by Crippen LogP contribution is -2.49. The molecule has 6 nitrogen and oxygen atoms in total. The van der Waals surface area contributed by atoms with Crippen LogP contribution in [0.5, 0.6) is 0 Å². The molecule has 0 bridgehead atoms. The third-order valence-corrected chi connectivity index (χ3v) is 6.70. The molecule has 4 rings (SSSR count). The smallest absolute Gasteiger partial charge is 0.233 e. The van der Waals surface area contributed by atoms with Gasteiger partial charge in [0.05, 0.1) is 11.8 Å². The minimum absolute atomic E-state index is 0.0782. The standard InChI is InChI=1S/C24H29N5OS/c1-18(2)19-9-11-21(12-10-19)29-17-25-26-24(29)31-16-23(30)28-14-13-27(3)15-22(28)20-7-5-4-6-8-20/h4-12,17-18,22H,13-16H2,1-3H3. The van der Waals surface area contributed by atoms with Crippen LogP contribution >= 0.6 is 11.8 Å². The third kappa shape index (κ3) is 4.99. The van der Waals surface area contributed by atoms with Crippen molar-refractivity contribution in [3.8, 4) is 5.69 Å². The van der Waals surface area contributed by atoms with E-state index in [9.17, 15) is 4.79 Å². The van der Waals surface area contributed by atoms with Crippen molar-refractivity contribution < 1.29 is 4.79 Å². The Morgan fingerprint density at radius 3 is 2.55 bits per heavy atom. The number of nitrogens with zero attached hydrogens (tertiary/aromatic N) is 5. The highest BCUT2D eigenvalue weighted by molar-refractivity contribution is 7.99. The largest absolute Gasteiger partial charge is 0.332 e. The molecule has 31 heavy (non-hydrogen) atoms. The van der Waals surface area contributed by atoms with Crippen LogP contribution in [0.2, 0.25) is 0 Å². The summed E-state index contributed by atoms with van der Waals surface area (Å²) in [6.07, 6.45) is 1.71. The topological polar surface area (TPSA) is 54.3 Å². The summed E-state index contributed by atoms with van der Waals surface area (Å²) in [5, 5.41) is 9.07. The summed E-state index contributed by atoms with van der Waals surface area (Å²) in [6, 6.07) is 18.8. The van der Waals surface area contributed by atoms with Gasteiger partial charge in [0.2, 0.25) is 5.91 Å². The zero-order valence-electron chi connectivity index (χ0n) is 18.3. The van der Waals surface area contributed by atoms with Gasteiger partial charge in [0.25, 0.3) is 0 Å². The summed E-state index contributed by atoms with van der Waals surface area (Å²) in [4.78, 5) is 17.5. The van der Waals surface area contributed by atoms with Crippen molar-refractivity contribution in [2.75, 3.05) is 32.4 Å². The maximum absolute atomic E-state index is 13.2. The molecule has 1 unspecified atom stereocenters. The van der Waals surface area contributed by atoms with Gasteiger partial charge in [0.15, 0.2) is 5.16 Å². The number of amides is 1. The number of thioether (sulfide) groups is 1. The summed E-state index contributed by atoms with van der Waals surface area (Å²) in [6.45, 7) is 6.83. The Kier molecular flexibility index (Phi) is 6.73. The first-order chi connectivity index (χ1) is 15.0. The normalized spacial score (nSPS) is 17.3. The maximum atomic E-state index is 13.2. The van der Waals surface area contributed by atoms with Gasteiger partial charge in [-0.15, -0.1) is 10.2 Å². The van der Waals surface area contributed by atoms with Crippen molar-refractivity contribution in [3.63, 3.8) is 0 Å². The molecule has 1 aromatic heterocycles. The quantitative estimate of drug-likeness (QED) is 0.548. The molecule has 1 saturated heterocycles. The number of piperazine rings is 1. The highest BCUT2D eigenvalue weighted by Crippen LogP contribution is 2.27. The van der Waals surface area contributed by atoms with E-state index in [4.69, 9.17) is 0 Å². The molecule has 2 heterocycles. The molecule has 1 fully saturated rings. The van der Waals surface area contributed by atoms with Crippen LogP contribution < -0.4 is 0 Å². The van der Waals surface area contributed by atoms with Gasteiger partial charge in [0, 0.05) is 25.3 Å². The van der Waals surface area contributed by atoms with E-state index in [2.05, 4.69) is 72.4 Å². The number of likely N-dealkylation sites (N-methyl/N-ethyl adjacent to an activating group) is 1. The second kappa shape index (κ2) is 9.66. The predicted molar refractivity (Wildman–Crippen MR) is 125 cm³/mol. The van der Waals surface area contributed by atoms with Crippen LogP contribution in [0, 0.1) is 0 Å². The lowest BCUT2D eigenvalue weighted by Gasteiger charge is -2.40. The molecular weight excluding hydrogens is 406 g/mol. The molecule has 0 spiro atoms. The zero-order chi connectivity index (χ0) is 21.8. The van der Waals surface area contributed by atoms with Gasteiger partial charge in [-0.05, 0) is 36.2 Å². The Hall–Kier alpha value is -2.64. The summed E-state index contributed by atoms with van der Waals surface area (Å²) in [5.41, 5.74) is 3.48. The minimum atomic E-state index is 0.0782. The van der Waals surface area contributed by atoms with E-state index in [1.807, 2.05) is 27.7 Å². The Bertz CT molecular complexity index is 1000. The Balaban J connectivity index is 1.46. The summed E-state index contributed by atoms with van der Waals surface area (Å²) >= 11 is 1.44. The Labute approximate surface area is 188 Å². The van der Waals surface area contributed by atoms with Gasteiger partial charge in [-0.2, -0.15) is 0 Å². The molecule has 2 aromatic carbocycles. The highest BCUT2D eigenvalue weighted by atomic mass is 32.2. The van der Waals surface area contributed by atoms with Crippen LogP contribution in [0.15, 0.2) is 66.1 Å². The molecule has 0 saturated carbocycles. The molecule has 0 aliphatic carbocycles. The number of carbonyl (C=O) groups is 1. The van der Waals surface area contributed by atoms with E-state index < -0.39 is 0 Å². The molecule has 1 aliphatic heterocycles. The second-order valence-corrected chi connectivity index (χ2v) is 9.24. The van der Waals surface area contributed by atoms with E-state index in [1.54, 1.807) is 6.33 Å². The molecule has 7 heteroatoms. The summed E-state index contributed by atoms with van der Waals surface area (Å²) in [5.74, 6) is 0.967. The van der Waals surface area contributed by atoms with Gasteiger partial charge >= 0.3 is 0 Å². The number of rotatable bonds is 6. The van der Waals surface area contributed by atoms with E-state index in [0.29, 0.717) is 11.7 Å². The van der Waals surface area contributed by atoms with Gasteiger partial charge < -0.3 is 9.80 Å². The van der Waals surface area contributed by atoms with Crippen molar-refractivity contribution in [1.82, 2.24) is 24.6 Å². The van der Waals surface area contributed by atoms with Crippen molar-refractivity contribution in [3.05, 3.63) is 72.1 Å². The molecular formula is C24H29N5OS. The fourth-order valence-corrected chi connectivity index (χ4v) is 4.72. The van der Waals surface area contributed by atoms with Gasteiger partial charge in [-0.3, -0.25) is 9.36 Å². The van der Waals surface area contributed by atoms with Crippen LogP contribution in [0.4, 0.5) is 0 Å². The van der Waals surface area contributed by atoms with Crippen molar-refractivity contribution in [1.29, 1.82) is 0 Å². The lowest BCUT2D eigenvalue weighted by molar-refractivity contribution is -0.133. The van der Waals surface area contributed by atoms with Crippen molar-refractivity contribution >= 4 is 17.7 Å². The summed E-state index contributed by atoms with van der Waals surface area (Å²) < 4.78 is 1.95. The number of carbonyl (C=O) groups excluding carboxylic acids is 1. The minimum Gasteiger partial charge on any atom is -0.332 e.